The Balaban J connectivity index is 2.21. The van der Waals surface area contributed by atoms with E-state index in [9.17, 15) is 22.8 Å². The van der Waals surface area contributed by atoms with Crippen LogP contribution in [0.4, 0.5) is 18.9 Å². The van der Waals surface area contributed by atoms with Gasteiger partial charge in [-0.1, -0.05) is 11.6 Å². The van der Waals surface area contributed by atoms with E-state index < -0.39 is 17.7 Å². The lowest BCUT2D eigenvalue weighted by Gasteiger charge is -2.30. The highest BCUT2D eigenvalue weighted by Gasteiger charge is 2.34. The Hall–Kier alpha value is -2.22. The van der Waals surface area contributed by atoms with E-state index in [0.29, 0.717) is 6.42 Å². The van der Waals surface area contributed by atoms with Gasteiger partial charge in [0.05, 0.1) is 10.6 Å². The third-order valence-corrected chi connectivity index (χ3v) is 4.35. The maximum absolute atomic E-state index is 13.1. The molecule has 0 fully saturated rings. The summed E-state index contributed by atoms with van der Waals surface area (Å²) in [4.78, 5) is 25.8. The second-order valence-corrected chi connectivity index (χ2v) is 6.42. The number of rotatable bonds is 5. The maximum Gasteiger partial charge on any atom is 0.417 e. The summed E-state index contributed by atoms with van der Waals surface area (Å²) in [7, 11) is 0. The molecule has 1 heterocycles. The van der Waals surface area contributed by atoms with E-state index in [1.54, 1.807) is 11.8 Å². The summed E-state index contributed by atoms with van der Waals surface area (Å²) in [5.74, 6) is -1.26. The van der Waals surface area contributed by atoms with Gasteiger partial charge >= 0.3 is 12.1 Å². The Morgan fingerprint density at radius 1 is 1.38 bits per heavy atom. The number of nitrogens with zero attached hydrogens (tertiary/aromatic N) is 2. The van der Waals surface area contributed by atoms with Crippen LogP contribution in [0.5, 0.6) is 0 Å². The third kappa shape index (κ3) is 4.91. The third-order valence-electron chi connectivity index (χ3n) is 4.02. The Kier molecular flexibility index (Phi) is 6.17. The van der Waals surface area contributed by atoms with Crippen LogP contribution in [0.15, 0.2) is 30.5 Å². The number of alkyl halides is 3. The topological polar surface area (TPSA) is 60.9 Å². The first kappa shape index (κ1) is 20.1. The molecule has 0 aromatic heterocycles. The van der Waals surface area contributed by atoms with Crippen LogP contribution in [-0.2, 0) is 15.8 Å². The molecule has 1 amide bonds. The van der Waals surface area contributed by atoms with Crippen molar-refractivity contribution in [3.63, 3.8) is 0 Å². The second-order valence-electron chi connectivity index (χ2n) is 6.02. The van der Waals surface area contributed by atoms with E-state index >= 15 is 0 Å². The van der Waals surface area contributed by atoms with Crippen molar-refractivity contribution in [2.24, 2.45) is 0 Å². The van der Waals surface area contributed by atoms with Crippen molar-refractivity contribution in [3.05, 3.63) is 41.1 Å². The van der Waals surface area contributed by atoms with Crippen LogP contribution >= 0.6 is 11.6 Å². The maximum atomic E-state index is 13.1. The highest BCUT2D eigenvalue weighted by molar-refractivity contribution is 6.31. The molecule has 1 atom stereocenters. The molecule has 1 aliphatic rings. The highest BCUT2D eigenvalue weighted by Crippen LogP contribution is 2.37. The van der Waals surface area contributed by atoms with Gasteiger partial charge in [0.25, 0.3) is 0 Å². The number of carboxylic acid groups (broad SMARTS) is 1. The molecule has 142 valence electrons. The molecule has 5 nitrogen and oxygen atoms in total. The van der Waals surface area contributed by atoms with E-state index in [-0.39, 0.29) is 42.2 Å². The molecule has 1 unspecified atom stereocenters. The average molecular weight is 391 g/mol. The van der Waals surface area contributed by atoms with Crippen molar-refractivity contribution < 1.29 is 27.9 Å². The second kappa shape index (κ2) is 7.99. The molecule has 0 spiro atoms. The number of anilines is 1. The molecular formula is C17H18ClF3N2O3. The quantitative estimate of drug-likeness (QED) is 0.831. The number of hydrogen-bond acceptors (Lipinski definition) is 3. The summed E-state index contributed by atoms with van der Waals surface area (Å²) in [5, 5.41) is 8.30. The number of amides is 1. The number of halogens is 4. The summed E-state index contributed by atoms with van der Waals surface area (Å²) in [6.07, 6.45) is -1.62. The van der Waals surface area contributed by atoms with E-state index in [4.69, 9.17) is 16.7 Å². The first-order chi connectivity index (χ1) is 12.1. The van der Waals surface area contributed by atoms with Crippen LogP contribution < -0.4 is 4.90 Å². The number of aliphatic carboxylic acids is 1. The van der Waals surface area contributed by atoms with E-state index in [1.165, 1.54) is 29.3 Å². The van der Waals surface area contributed by atoms with Crippen molar-refractivity contribution in [3.8, 4) is 0 Å². The van der Waals surface area contributed by atoms with Crippen LogP contribution in [0, 0.1) is 0 Å². The molecule has 9 heteroatoms. The molecule has 0 saturated carbocycles. The molecule has 0 bridgehead atoms. The Bertz CT molecular complexity index is 722. The molecule has 1 N–H and O–H groups in total. The van der Waals surface area contributed by atoms with Gasteiger partial charge in [0.1, 0.15) is 0 Å². The highest BCUT2D eigenvalue weighted by atomic mass is 35.5. The minimum atomic E-state index is -4.58. The van der Waals surface area contributed by atoms with Crippen molar-refractivity contribution in [2.45, 2.75) is 32.0 Å². The number of carboxylic acids is 1. The minimum absolute atomic E-state index is 0.0578. The number of carbonyl (C=O) groups excluding carboxylic acids is 1. The van der Waals surface area contributed by atoms with Crippen molar-refractivity contribution in [1.82, 2.24) is 4.90 Å². The van der Waals surface area contributed by atoms with Crippen LogP contribution in [-0.4, -0.2) is 41.0 Å². The fraction of sp³-hybridized carbons (Fsp3) is 0.412. The van der Waals surface area contributed by atoms with Gasteiger partial charge < -0.3 is 14.9 Å². The van der Waals surface area contributed by atoms with Crippen LogP contribution in [0.25, 0.3) is 0 Å². The molecule has 26 heavy (non-hydrogen) atoms. The summed E-state index contributed by atoms with van der Waals surface area (Å²) in [6, 6.07) is 3.29. The molecule has 2 rings (SSSR count). The lowest BCUT2D eigenvalue weighted by molar-refractivity contribution is -0.138. The smallest absolute Gasteiger partial charge is 0.417 e. The van der Waals surface area contributed by atoms with E-state index in [1.807, 2.05) is 0 Å². The van der Waals surface area contributed by atoms with Crippen molar-refractivity contribution >= 4 is 29.2 Å². The first-order valence-corrected chi connectivity index (χ1v) is 8.31. The fourth-order valence-corrected chi connectivity index (χ4v) is 2.97. The van der Waals surface area contributed by atoms with Gasteiger partial charge in [-0.2, -0.15) is 13.2 Å². The largest absolute Gasteiger partial charge is 0.481 e. The summed E-state index contributed by atoms with van der Waals surface area (Å²) in [6.45, 7) is 2.30. The van der Waals surface area contributed by atoms with Gasteiger partial charge in [-0.25, -0.2) is 0 Å². The van der Waals surface area contributed by atoms with Gasteiger partial charge in [0.15, 0.2) is 0 Å². The Labute approximate surface area is 153 Å². The molecule has 1 aromatic rings. The van der Waals surface area contributed by atoms with Crippen molar-refractivity contribution in [1.29, 1.82) is 0 Å². The lowest BCUT2D eigenvalue weighted by atomic mass is 10.1. The van der Waals surface area contributed by atoms with Crippen LogP contribution in [0.2, 0.25) is 5.02 Å². The molecule has 0 aliphatic carbocycles. The van der Waals surface area contributed by atoms with Gasteiger partial charge in [-0.15, -0.1) is 0 Å². The summed E-state index contributed by atoms with van der Waals surface area (Å²) < 4.78 is 39.2. The summed E-state index contributed by atoms with van der Waals surface area (Å²) >= 11 is 5.65. The molecule has 1 aromatic carbocycles. The van der Waals surface area contributed by atoms with Gasteiger partial charge in [-0.05, 0) is 31.5 Å². The zero-order valence-electron chi connectivity index (χ0n) is 14.0. The zero-order chi connectivity index (χ0) is 19.5. The summed E-state index contributed by atoms with van der Waals surface area (Å²) in [5.41, 5.74) is -0.670. The van der Waals surface area contributed by atoms with Crippen LogP contribution in [0.3, 0.4) is 0 Å². The Morgan fingerprint density at radius 3 is 2.69 bits per heavy atom. The number of benzene rings is 1. The molecular weight excluding hydrogens is 373 g/mol. The lowest BCUT2D eigenvalue weighted by Crippen LogP contribution is -2.40. The van der Waals surface area contributed by atoms with E-state index in [2.05, 4.69) is 0 Å². The minimum Gasteiger partial charge on any atom is -0.481 e. The van der Waals surface area contributed by atoms with E-state index in [0.717, 1.165) is 6.07 Å². The molecule has 0 radical (unpaired) electrons. The first-order valence-electron chi connectivity index (χ1n) is 7.93. The fourth-order valence-electron chi connectivity index (χ4n) is 2.75. The van der Waals surface area contributed by atoms with Crippen molar-refractivity contribution in [2.75, 3.05) is 18.0 Å². The van der Waals surface area contributed by atoms with Gasteiger partial charge in [0.2, 0.25) is 5.91 Å². The predicted molar refractivity (Wildman–Crippen MR) is 91.0 cm³/mol. The monoisotopic (exact) mass is 390 g/mol. The zero-order valence-corrected chi connectivity index (χ0v) is 14.7. The predicted octanol–water partition coefficient (Wildman–Crippen LogP) is 3.77. The average Bonchev–Trinajstić information content (AvgIpc) is 2.66. The SMILES string of the molecule is CC1CN(CCCC(=O)O)C(=O)C=CN1c1ccc(Cl)c(C(F)(F)F)c1. The number of hydrogen-bond donors (Lipinski definition) is 1. The molecule has 1 aliphatic heterocycles. The van der Waals surface area contributed by atoms with Crippen LogP contribution in [0.1, 0.15) is 25.3 Å². The molecule has 0 saturated heterocycles. The normalized spacial score (nSPS) is 18.2. The van der Waals surface area contributed by atoms with Gasteiger partial charge in [-0.3, -0.25) is 9.59 Å². The Morgan fingerprint density at radius 2 is 2.08 bits per heavy atom. The number of carbonyl (C=O) groups is 2. The standard InChI is InChI=1S/C17H18ClF3N2O3/c1-11-10-22(7-2-3-16(25)26)15(24)6-8-23(11)12-4-5-14(18)13(9-12)17(19,20)21/h4-6,8-9,11H,2-3,7,10H2,1H3,(H,25,26). The van der Waals surface area contributed by atoms with Gasteiger partial charge in [0, 0.05) is 43.5 Å².